The minimum atomic E-state index is -1.34. The summed E-state index contributed by atoms with van der Waals surface area (Å²) in [5.74, 6) is -1.79. The van der Waals surface area contributed by atoms with Gasteiger partial charge >= 0.3 is 6.09 Å². The van der Waals surface area contributed by atoms with Crippen LogP contribution < -0.4 is 16.4 Å². The molecule has 0 aliphatic rings. The van der Waals surface area contributed by atoms with Gasteiger partial charge in [0.1, 0.15) is 17.7 Å². The molecular weight excluding hydrogens is 508 g/mol. The van der Waals surface area contributed by atoms with Gasteiger partial charge in [0.05, 0.1) is 6.42 Å². The fourth-order valence-electron chi connectivity index (χ4n) is 4.20. The molecule has 0 saturated heterocycles. The quantitative estimate of drug-likeness (QED) is 0.379. The number of nitrogens with one attached hydrogen (secondary N) is 2. The average molecular weight is 553 g/mol. The van der Waals surface area contributed by atoms with Gasteiger partial charge in [-0.25, -0.2) is 4.79 Å². The van der Waals surface area contributed by atoms with Gasteiger partial charge in [-0.3, -0.25) is 14.4 Å². The number of carbonyl (C=O) groups is 4. The molecule has 0 aliphatic carbocycles. The average Bonchev–Trinajstić information content (AvgIpc) is 2.86. The molecule has 0 spiro atoms. The van der Waals surface area contributed by atoms with Gasteiger partial charge in [0, 0.05) is 12.1 Å². The van der Waals surface area contributed by atoms with Crippen LogP contribution in [0.1, 0.15) is 82.7 Å². The van der Waals surface area contributed by atoms with Crippen LogP contribution in [0.2, 0.25) is 0 Å². The summed E-state index contributed by atoms with van der Waals surface area (Å²) in [5, 5.41) is 5.50. The number of hydrogen-bond acceptors (Lipinski definition) is 5. The van der Waals surface area contributed by atoms with Crippen LogP contribution in [0.25, 0.3) is 0 Å². The summed E-state index contributed by atoms with van der Waals surface area (Å²) in [6.45, 7) is 14.8. The Labute approximate surface area is 237 Å². The molecule has 9 nitrogen and oxygen atoms in total. The Morgan fingerprint density at radius 2 is 1.57 bits per heavy atom. The van der Waals surface area contributed by atoms with Gasteiger partial charge in [-0.2, -0.15) is 0 Å². The molecule has 4 N–H and O–H groups in total. The van der Waals surface area contributed by atoms with Crippen LogP contribution in [0, 0.1) is 13.8 Å². The van der Waals surface area contributed by atoms with E-state index in [9.17, 15) is 19.2 Å². The minimum absolute atomic E-state index is 0.260. The van der Waals surface area contributed by atoms with E-state index in [2.05, 4.69) is 10.6 Å². The number of amides is 4. The van der Waals surface area contributed by atoms with Crippen molar-refractivity contribution in [3.05, 3.63) is 70.8 Å². The van der Waals surface area contributed by atoms with E-state index >= 15 is 0 Å². The van der Waals surface area contributed by atoms with Crippen molar-refractivity contribution in [3.63, 3.8) is 0 Å². The number of hydrogen-bond donors (Lipinski definition) is 3. The smallest absolute Gasteiger partial charge is 0.408 e. The molecule has 2 aromatic rings. The number of benzene rings is 2. The van der Waals surface area contributed by atoms with Crippen molar-refractivity contribution < 1.29 is 23.9 Å². The van der Waals surface area contributed by atoms with Crippen LogP contribution in [-0.2, 0) is 25.7 Å². The maximum atomic E-state index is 14.3. The second-order valence-corrected chi connectivity index (χ2v) is 11.7. The topological polar surface area (TPSA) is 131 Å². The molecule has 0 aliphatic heterocycles. The molecular formula is C31H44N4O5. The first kappa shape index (κ1) is 32.3. The molecule has 0 aromatic heterocycles. The van der Waals surface area contributed by atoms with E-state index in [4.69, 9.17) is 10.5 Å². The van der Waals surface area contributed by atoms with Crippen molar-refractivity contribution in [1.29, 1.82) is 0 Å². The fraction of sp³-hybridized carbons (Fsp3) is 0.484. The fourth-order valence-corrected chi connectivity index (χ4v) is 4.20. The highest BCUT2D eigenvalue weighted by Crippen LogP contribution is 2.33. The summed E-state index contributed by atoms with van der Waals surface area (Å²) in [7, 11) is 0. The lowest BCUT2D eigenvalue weighted by Crippen LogP contribution is -2.59. The third-order valence-electron chi connectivity index (χ3n) is 6.81. The highest BCUT2D eigenvalue weighted by molar-refractivity contribution is 5.95. The lowest BCUT2D eigenvalue weighted by Gasteiger charge is -2.44. The van der Waals surface area contributed by atoms with Crippen LogP contribution >= 0.6 is 0 Å². The predicted octanol–water partition coefficient (Wildman–Crippen LogP) is 4.45. The molecule has 4 amide bonds. The molecule has 0 bridgehead atoms. The number of ether oxygens (including phenoxy) is 1. The number of rotatable bonds is 11. The molecule has 2 rings (SSSR count). The molecule has 0 saturated carbocycles. The Hall–Kier alpha value is -3.88. The van der Waals surface area contributed by atoms with Gasteiger partial charge in [-0.15, -0.1) is 0 Å². The van der Waals surface area contributed by atoms with E-state index in [1.165, 1.54) is 4.90 Å². The zero-order chi connectivity index (χ0) is 30.3. The van der Waals surface area contributed by atoms with Gasteiger partial charge in [0.2, 0.25) is 17.7 Å². The van der Waals surface area contributed by atoms with E-state index in [0.29, 0.717) is 12.0 Å². The molecule has 0 radical (unpaired) electrons. The van der Waals surface area contributed by atoms with E-state index in [-0.39, 0.29) is 6.54 Å². The van der Waals surface area contributed by atoms with Crippen molar-refractivity contribution in [2.75, 3.05) is 0 Å². The molecule has 2 atom stereocenters. The standard InChI is InChI=1S/C31H44N4O5/c1-9-31(7,8)35(28(38)24(18-25(32)36)34-29(39)40-30(4,5)6)26(23-16-15-20(2)21(3)17-23)27(37)33-19-22-13-11-10-12-14-22/h10-17,24,26H,9,18-19H2,1-8H3,(H2,32,36)(H,33,37)(H,34,39). The lowest BCUT2D eigenvalue weighted by molar-refractivity contribution is -0.150. The maximum Gasteiger partial charge on any atom is 0.408 e. The van der Waals surface area contributed by atoms with Gasteiger partial charge in [-0.1, -0.05) is 55.5 Å². The van der Waals surface area contributed by atoms with Gasteiger partial charge < -0.3 is 26.0 Å². The number of carbonyl (C=O) groups excluding carboxylic acids is 4. The van der Waals surface area contributed by atoms with Crippen molar-refractivity contribution in [3.8, 4) is 0 Å². The monoisotopic (exact) mass is 552 g/mol. The van der Waals surface area contributed by atoms with E-state index < -0.39 is 53.5 Å². The molecule has 9 heteroatoms. The second kappa shape index (κ2) is 13.5. The summed E-state index contributed by atoms with van der Waals surface area (Å²) in [6.07, 6.45) is -0.834. The van der Waals surface area contributed by atoms with E-state index in [0.717, 1.165) is 16.7 Å². The van der Waals surface area contributed by atoms with Crippen LogP contribution in [0.15, 0.2) is 48.5 Å². The van der Waals surface area contributed by atoms with Gasteiger partial charge in [-0.05, 0) is 77.1 Å². The van der Waals surface area contributed by atoms with Crippen molar-refractivity contribution in [1.82, 2.24) is 15.5 Å². The summed E-state index contributed by atoms with van der Waals surface area (Å²) >= 11 is 0. The second-order valence-electron chi connectivity index (χ2n) is 11.7. The zero-order valence-corrected chi connectivity index (χ0v) is 25.0. The molecule has 2 aromatic carbocycles. The predicted molar refractivity (Wildman–Crippen MR) is 155 cm³/mol. The van der Waals surface area contributed by atoms with Crippen LogP contribution in [0.5, 0.6) is 0 Å². The first-order valence-corrected chi connectivity index (χ1v) is 13.6. The van der Waals surface area contributed by atoms with Gasteiger partial charge in [0.15, 0.2) is 0 Å². The largest absolute Gasteiger partial charge is 0.444 e. The Kier molecular flexibility index (Phi) is 10.9. The van der Waals surface area contributed by atoms with Crippen LogP contribution in [0.3, 0.4) is 0 Å². The summed E-state index contributed by atoms with van der Waals surface area (Å²) < 4.78 is 5.35. The van der Waals surface area contributed by atoms with Gasteiger partial charge in [0.25, 0.3) is 0 Å². The summed E-state index contributed by atoms with van der Waals surface area (Å²) in [5.41, 5.74) is 7.32. The van der Waals surface area contributed by atoms with Crippen LogP contribution in [0.4, 0.5) is 4.79 Å². The number of primary amides is 1. The highest BCUT2D eigenvalue weighted by atomic mass is 16.6. The Morgan fingerprint density at radius 1 is 0.950 bits per heavy atom. The number of nitrogens with two attached hydrogens (primary N) is 1. The zero-order valence-electron chi connectivity index (χ0n) is 25.0. The first-order valence-electron chi connectivity index (χ1n) is 13.6. The first-order chi connectivity index (χ1) is 18.6. The Morgan fingerprint density at radius 3 is 2.10 bits per heavy atom. The lowest BCUT2D eigenvalue weighted by atomic mass is 9.90. The molecule has 40 heavy (non-hydrogen) atoms. The van der Waals surface area contributed by atoms with Crippen molar-refractivity contribution >= 4 is 23.8 Å². The normalized spacial score (nSPS) is 13.1. The highest BCUT2D eigenvalue weighted by Gasteiger charge is 2.43. The number of nitrogens with zero attached hydrogens (tertiary/aromatic N) is 1. The maximum absolute atomic E-state index is 14.3. The minimum Gasteiger partial charge on any atom is -0.444 e. The Bertz CT molecular complexity index is 1200. The molecule has 2 unspecified atom stereocenters. The summed E-state index contributed by atoms with van der Waals surface area (Å²) in [4.78, 5) is 54.4. The van der Waals surface area contributed by atoms with Crippen molar-refractivity contribution in [2.24, 2.45) is 5.73 Å². The molecule has 218 valence electrons. The number of alkyl carbamates (subject to hydrolysis) is 1. The third-order valence-corrected chi connectivity index (χ3v) is 6.81. The molecule has 0 heterocycles. The number of aryl methyl sites for hydroxylation is 2. The third kappa shape index (κ3) is 9.10. The SMILES string of the molecule is CCC(C)(C)N(C(=O)C(CC(N)=O)NC(=O)OC(C)(C)C)C(C(=O)NCc1ccccc1)c1ccc(C)c(C)c1. The Balaban J connectivity index is 2.61. The van der Waals surface area contributed by atoms with E-state index in [1.807, 2.05) is 83.1 Å². The van der Waals surface area contributed by atoms with Crippen molar-refractivity contribution in [2.45, 2.75) is 98.0 Å². The van der Waals surface area contributed by atoms with Crippen LogP contribution in [-0.4, -0.2) is 45.9 Å². The van der Waals surface area contributed by atoms with E-state index in [1.54, 1.807) is 20.8 Å². The summed E-state index contributed by atoms with van der Waals surface area (Å²) in [6, 6.07) is 12.7. The molecule has 0 fully saturated rings.